The molecule has 1 aromatic heterocycles. The van der Waals surface area contributed by atoms with Gasteiger partial charge in [-0.05, 0) is 26.7 Å². The van der Waals surface area contributed by atoms with Crippen LogP contribution in [-0.2, 0) is 26.1 Å². The van der Waals surface area contributed by atoms with Crippen LogP contribution >= 0.6 is 0 Å². The molecule has 6 heteroatoms. The first-order chi connectivity index (χ1) is 10.3. The predicted molar refractivity (Wildman–Crippen MR) is 82.2 cm³/mol. The maximum atomic E-state index is 12.6. The highest BCUT2D eigenvalue weighted by Crippen LogP contribution is 2.42. The van der Waals surface area contributed by atoms with E-state index in [0.717, 1.165) is 0 Å². The molecule has 1 heterocycles. The minimum atomic E-state index is -1.43. The van der Waals surface area contributed by atoms with E-state index in [0.29, 0.717) is 5.82 Å². The molecular weight excluding hydrogens is 284 g/mol. The van der Waals surface area contributed by atoms with Gasteiger partial charge in [0.1, 0.15) is 5.82 Å². The number of hydrogen-bond donors (Lipinski definition) is 0. The Labute approximate surface area is 131 Å². The van der Waals surface area contributed by atoms with Gasteiger partial charge in [-0.1, -0.05) is 13.8 Å². The standard InChI is InChI=1S/C16H26N2O4/c1-7-21-14(19)16(5,15(20)22-8-2)12(11(3)4)13-17-9-10-18(13)6/h9-12H,7-8H2,1-6H3. The van der Waals surface area contributed by atoms with Crippen molar-refractivity contribution in [1.82, 2.24) is 9.55 Å². The van der Waals surface area contributed by atoms with Crippen molar-refractivity contribution in [3.8, 4) is 0 Å². The van der Waals surface area contributed by atoms with E-state index in [1.54, 1.807) is 33.2 Å². The third-order valence-corrected chi connectivity index (χ3v) is 3.82. The molecule has 0 aliphatic heterocycles. The normalized spacial score (nSPS) is 13.0. The number of esters is 2. The zero-order valence-electron chi connectivity index (χ0n) is 14.3. The fourth-order valence-corrected chi connectivity index (χ4v) is 2.80. The summed E-state index contributed by atoms with van der Waals surface area (Å²) in [5, 5.41) is 0. The lowest BCUT2D eigenvalue weighted by atomic mass is 9.70. The van der Waals surface area contributed by atoms with Gasteiger partial charge in [0.05, 0.1) is 13.2 Å². The molecule has 1 aromatic rings. The van der Waals surface area contributed by atoms with Gasteiger partial charge >= 0.3 is 11.9 Å². The summed E-state index contributed by atoms with van der Waals surface area (Å²) in [5.41, 5.74) is -1.43. The van der Waals surface area contributed by atoms with Gasteiger partial charge in [0, 0.05) is 25.4 Å². The largest absolute Gasteiger partial charge is 0.465 e. The fraction of sp³-hybridized carbons (Fsp3) is 0.688. The molecule has 1 rings (SSSR count). The van der Waals surface area contributed by atoms with Crippen LogP contribution in [0.1, 0.15) is 46.4 Å². The molecule has 0 saturated carbocycles. The van der Waals surface area contributed by atoms with Crippen LogP contribution in [0.4, 0.5) is 0 Å². The SMILES string of the molecule is CCOC(=O)C(C)(C(=O)OCC)C(c1nccn1C)C(C)C. The lowest BCUT2D eigenvalue weighted by Crippen LogP contribution is -2.46. The molecule has 0 aromatic carbocycles. The predicted octanol–water partition coefficient (Wildman–Crippen LogP) is 2.29. The van der Waals surface area contributed by atoms with Gasteiger partial charge in [-0.15, -0.1) is 0 Å². The van der Waals surface area contributed by atoms with Gasteiger partial charge in [0.15, 0.2) is 5.41 Å². The smallest absolute Gasteiger partial charge is 0.323 e. The summed E-state index contributed by atoms with van der Waals surface area (Å²) in [6.07, 6.45) is 3.45. The van der Waals surface area contributed by atoms with E-state index in [4.69, 9.17) is 9.47 Å². The van der Waals surface area contributed by atoms with Crippen LogP contribution in [0.25, 0.3) is 0 Å². The zero-order chi connectivity index (χ0) is 16.9. The number of aromatic nitrogens is 2. The molecule has 0 spiro atoms. The average Bonchev–Trinajstić information content (AvgIpc) is 2.85. The van der Waals surface area contributed by atoms with Crippen LogP contribution in [-0.4, -0.2) is 34.7 Å². The van der Waals surface area contributed by atoms with Gasteiger partial charge in [0.2, 0.25) is 0 Å². The summed E-state index contributed by atoms with van der Waals surface area (Å²) in [7, 11) is 1.84. The molecule has 6 nitrogen and oxygen atoms in total. The molecule has 0 amide bonds. The number of hydrogen-bond acceptors (Lipinski definition) is 5. The third kappa shape index (κ3) is 3.31. The van der Waals surface area contributed by atoms with Crippen LogP contribution in [0.2, 0.25) is 0 Å². The minimum absolute atomic E-state index is 0.0000813. The molecule has 0 bridgehead atoms. The van der Waals surface area contributed by atoms with Crippen LogP contribution in [0.5, 0.6) is 0 Å². The van der Waals surface area contributed by atoms with Crippen molar-refractivity contribution in [3.63, 3.8) is 0 Å². The second-order valence-electron chi connectivity index (χ2n) is 5.76. The number of ether oxygens (including phenoxy) is 2. The molecule has 124 valence electrons. The van der Waals surface area contributed by atoms with Crippen molar-refractivity contribution >= 4 is 11.9 Å². The number of carbonyl (C=O) groups excluding carboxylic acids is 2. The van der Waals surface area contributed by atoms with E-state index in [-0.39, 0.29) is 19.1 Å². The molecule has 0 aliphatic carbocycles. The molecule has 1 unspecified atom stereocenters. The highest BCUT2D eigenvalue weighted by atomic mass is 16.6. The van der Waals surface area contributed by atoms with Crippen LogP contribution in [0, 0.1) is 11.3 Å². The average molecular weight is 310 g/mol. The van der Waals surface area contributed by atoms with Crippen molar-refractivity contribution < 1.29 is 19.1 Å². The zero-order valence-corrected chi connectivity index (χ0v) is 14.3. The topological polar surface area (TPSA) is 70.4 Å². The minimum Gasteiger partial charge on any atom is -0.465 e. The van der Waals surface area contributed by atoms with E-state index in [9.17, 15) is 9.59 Å². The molecule has 1 atom stereocenters. The summed E-state index contributed by atoms with van der Waals surface area (Å²) in [4.78, 5) is 29.5. The summed E-state index contributed by atoms with van der Waals surface area (Å²) in [5.74, 6) is -0.922. The summed E-state index contributed by atoms with van der Waals surface area (Å²) < 4.78 is 12.2. The van der Waals surface area contributed by atoms with E-state index >= 15 is 0 Å². The number of aryl methyl sites for hydroxylation is 1. The van der Waals surface area contributed by atoms with Crippen molar-refractivity contribution in [1.29, 1.82) is 0 Å². The van der Waals surface area contributed by atoms with Gasteiger partial charge in [0.25, 0.3) is 0 Å². The second kappa shape index (κ2) is 7.42. The first-order valence-corrected chi connectivity index (χ1v) is 7.62. The Morgan fingerprint density at radius 3 is 2.05 bits per heavy atom. The fourth-order valence-electron chi connectivity index (χ4n) is 2.80. The van der Waals surface area contributed by atoms with Gasteiger partial charge in [-0.2, -0.15) is 0 Å². The summed E-state index contributed by atoms with van der Waals surface area (Å²) in [6.45, 7) is 9.34. The van der Waals surface area contributed by atoms with Crippen LogP contribution in [0.15, 0.2) is 12.4 Å². The first kappa shape index (κ1) is 18.2. The molecule has 0 saturated heterocycles. The molecule has 0 N–H and O–H groups in total. The highest BCUT2D eigenvalue weighted by Gasteiger charge is 2.53. The number of imidazole rings is 1. The van der Waals surface area contributed by atoms with E-state index < -0.39 is 23.3 Å². The van der Waals surface area contributed by atoms with Crippen LogP contribution in [0.3, 0.4) is 0 Å². The molecule has 0 fully saturated rings. The van der Waals surface area contributed by atoms with Crippen LogP contribution < -0.4 is 0 Å². The lowest BCUT2D eigenvalue weighted by Gasteiger charge is -2.35. The van der Waals surface area contributed by atoms with Crippen molar-refractivity contribution in [2.75, 3.05) is 13.2 Å². The van der Waals surface area contributed by atoms with Crippen molar-refractivity contribution in [3.05, 3.63) is 18.2 Å². The Hall–Kier alpha value is -1.85. The van der Waals surface area contributed by atoms with Crippen molar-refractivity contribution in [2.24, 2.45) is 18.4 Å². The maximum absolute atomic E-state index is 12.6. The Morgan fingerprint density at radius 2 is 1.73 bits per heavy atom. The third-order valence-electron chi connectivity index (χ3n) is 3.82. The Bertz CT molecular complexity index is 504. The summed E-state index contributed by atoms with van der Waals surface area (Å²) in [6, 6.07) is 0. The molecule has 0 aliphatic rings. The Kier molecular flexibility index (Phi) is 6.14. The monoisotopic (exact) mass is 310 g/mol. The molecule has 0 radical (unpaired) electrons. The number of carbonyl (C=O) groups is 2. The lowest BCUT2D eigenvalue weighted by molar-refractivity contribution is -0.174. The maximum Gasteiger partial charge on any atom is 0.323 e. The van der Waals surface area contributed by atoms with Gasteiger partial charge in [-0.25, -0.2) is 4.98 Å². The second-order valence-corrected chi connectivity index (χ2v) is 5.76. The van der Waals surface area contributed by atoms with E-state index in [2.05, 4.69) is 4.98 Å². The van der Waals surface area contributed by atoms with E-state index in [1.165, 1.54) is 0 Å². The first-order valence-electron chi connectivity index (χ1n) is 7.62. The van der Waals surface area contributed by atoms with E-state index in [1.807, 2.05) is 25.5 Å². The van der Waals surface area contributed by atoms with Gasteiger partial charge < -0.3 is 14.0 Å². The quantitative estimate of drug-likeness (QED) is 0.571. The Balaban J connectivity index is 3.41. The molecule has 22 heavy (non-hydrogen) atoms. The summed E-state index contributed by atoms with van der Waals surface area (Å²) >= 11 is 0. The number of rotatable bonds is 7. The van der Waals surface area contributed by atoms with Gasteiger partial charge in [-0.3, -0.25) is 9.59 Å². The number of nitrogens with zero attached hydrogens (tertiary/aromatic N) is 2. The highest BCUT2D eigenvalue weighted by molar-refractivity contribution is 6.00. The molecular formula is C16H26N2O4. The Morgan fingerprint density at radius 1 is 1.23 bits per heavy atom. The van der Waals surface area contributed by atoms with Crippen molar-refractivity contribution in [2.45, 2.75) is 40.5 Å².